The van der Waals surface area contributed by atoms with Gasteiger partial charge in [0, 0.05) is 31.2 Å². The number of hydrogen-bond donors (Lipinski definition) is 1. The maximum Gasteiger partial charge on any atom is 0.393 e. The van der Waals surface area contributed by atoms with E-state index in [1.807, 2.05) is 0 Å². The second-order valence-electron chi connectivity index (χ2n) is 4.62. The number of nitrogens with one attached hydrogen (secondary N) is 1. The van der Waals surface area contributed by atoms with E-state index in [-0.39, 0.29) is 6.42 Å². The van der Waals surface area contributed by atoms with Crippen LogP contribution in [-0.4, -0.2) is 22.2 Å². The fourth-order valence-electron chi connectivity index (χ4n) is 2.42. The molecule has 6 heteroatoms. The lowest BCUT2D eigenvalue weighted by atomic mass is 9.84. The number of hydrogen-bond acceptors (Lipinski definition) is 3. The van der Waals surface area contributed by atoms with Gasteiger partial charge in [-0.3, -0.25) is 9.97 Å². The van der Waals surface area contributed by atoms with Crippen molar-refractivity contribution in [3.05, 3.63) is 24.3 Å². The Kier molecular flexibility index (Phi) is 4.16. The first-order chi connectivity index (χ1) is 8.57. The molecule has 1 heterocycles. The highest BCUT2D eigenvalue weighted by Crippen LogP contribution is 2.37. The molecule has 0 radical (unpaired) electrons. The van der Waals surface area contributed by atoms with Gasteiger partial charge in [-0.25, -0.2) is 0 Å². The van der Waals surface area contributed by atoms with E-state index >= 15 is 0 Å². The lowest BCUT2D eigenvalue weighted by molar-refractivity contribution is -0.189. The lowest BCUT2D eigenvalue weighted by Gasteiger charge is -2.33. The van der Waals surface area contributed by atoms with Gasteiger partial charge in [0.2, 0.25) is 0 Å². The molecule has 1 aliphatic rings. The molecule has 0 saturated heterocycles. The van der Waals surface area contributed by atoms with Crippen molar-refractivity contribution in [3.63, 3.8) is 0 Å². The van der Waals surface area contributed by atoms with Crippen LogP contribution in [0.3, 0.4) is 0 Å². The highest BCUT2D eigenvalue weighted by Gasteiger charge is 2.45. The van der Waals surface area contributed by atoms with Crippen LogP contribution in [0.1, 0.15) is 31.4 Å². The molecule has 0 bridgehead atoms. The van der Waals surface area contributed by atoms with Gasteiger partial charge in [0.25, 0.3) is 0 Å². The molecule has 100 valence electrons. The SMILES string of the molecule is FC(F)(F)C1CCCCC1NCc1cnccn1. The van der Waals surface area contributed by atoms with Crippen LogP contribution in [0.15, 0.2) is 18.6 Å². The Balaban J connectivity index is 1.94. The van der Waals surface area contributed by atoms with Crippen LogP contribution in [-0.2, 0) is 6.54 Å². The van der Waals surface area contributed by atoms with E-state index in [0.29, 0.717) is 25.1 Å². The Morgan fingerprint density at radius 2 is 2.00 bits per heavy atom. The molecule has 1 aromatic heterocycles. The number of aromatic nitrogens is 2. The maximum atomic E-state index is 12.8. The molecule has 0 aromatic carbocycles. The standard InChI is InChI=1S/C12H16F3N3/c13-12(14,15)10-3-1-2-4-11(10)18-8-9-7-16-5-6-17-9/h5-7,10-11,18H,1-4,8H2. The summed E-state index contributed by atoms with van der Waals surface area (Å²) in [5.74, 6) is -1.23. The van der Waals surface area contributed by atoms with Crippen molar-refractivity contribution < 1.29 is 13.2 Å². The second-order valence-corrected chi connectivity index (χ2v) is 4.62. The van der Waals surface area contributed by atoms with Crippen molar-refractivity contribution in [1.29, 1.82) is 0 Å². The molecule has 2 unspecified atom stereocenters. The van der Waals surface area contributed by atoms with Crippen LogP contribution >= 0.6 is 0 Å². The topological polar surface area (TPSA) is 37.8 Å². The molecule has 2 rings (SSSR count). The van der Waals surface area contributed by atoms with Crippen LogP contribution in [0, 0.1) is 5.92 Å². The molecule has 1 saturated carbocycles. The van der Waals surface area contributed by atoms with E-state index in [9.17, 15) is 13.2 Å². The van der Waals surface area contributed by atoms with Crippen LogP contribution in [0.5, 0.6) is 0 Å². The molecule has 1 aliphatic carbocycles. The summed E-state index contributed by atoms with van der Waals surface area (Å²) in [6.45, 7) is 0.338. The summed E-state index contributed by atoms with van der Waals surface area (Å²) in [5, 5.41) is 2.97. The van der Waals surface area contributed by atoms with Crippen molar-refractivity contribution in [3.8, 4) is 0 Å². The normalized spacial score (nSPS) is 25.1. The van der Waals surface area contributed by atoms with Gasteiger partial charge in [-0.1, -0.05) is 12.8 Å². The molecule has 0 aliphatic heterocycles. The van der Waals surface area contributed by atoms with Crippen LogP contribution in [0.2, 0.25) is 0 Å². The molecule has 0 spiro atoms. The highest BCUT2D eigenvalue weighted by atomic mass is 19.4. The van der Waals surface area contributed by atoms with Crippen LogP contribution in [0.25, 0.3) is 0 Å². The summed E-state index contributed by atoms with van der Waals surface area (Å²) in [6.07, 6.45) is 2.85. The third-order valence-electron chi connectivity index (χ3n) is 3.35. The first-order valence-electron chi connectivity index (χ1n) is 6.12. The van der Waals surface area contributed by atoms with Gasteiger partial charge in [-0.2, -0.15) is 13.2 Å². The van der Waals surface area contributed by atoms with Crippen molar-refractivity contribution in [2.45, 2.75) is 44.4 Å². The molecule has 3 nitrogen and oxygen atoms in total. The summed E-state index contributed by atoms with van der Waals surface area (Å²) < 4.78 is 38.5. The molecular formula is C12H16F3N3. The minimum Gasteiger partial charge on any atom is -0.308 e. The van der Waals surface area contributed by atoms with Gasteiger partial charge in [0.1, 0.15) is 0 Å². The average Bonchev–Trinajstić information content (AvgIpc) is 2.37. The zero-order chi connectivity index (χ0) is 13.0. The maximum absolute atomic E-state index is 12.8. The predicted octanol–water partition coefficient (Wildman–Crippen LogP) is 2.69. The smallest absolute Gasteiger partial charge is 0.308 e. The van der Waals surface area contributed by atoms with Crippen molar-refractivity contribution >= 4 is 0 Å². The number of halogens is 3. The quantitative estimate of drug-likeness (QED) is 0.907. The second kappa shape index (κ2) is 5.65. The minimum absolute atomic E-state index is 0.224. The van der Waals surface area contributed by atoms with Gasteiger partial charge in [-0.05, 0) is 12.8 Å². The number of alkyl halides is 3. The Bertz CT molecular complexity index is 367. The average molecular weight is 259 g/mol. The van der Waals surface area contributed by atoms with E-state index in [1.165, 1.54) is 0 Å². The van der Waals surface area contributed by atoms with E-state index in [2.05, 4.69) is 15.3 Å². The molecule has 0 amide bonds. The van der Waals surface area contributed by atoms with Crippen molar-refractivity contribution in [1.82, 2.24) is 15.3 Å². The number of rotatable bonds is 3. The Hall–Kier alpha value is -1.17. The third kappa shape index (κ3) is 3.41. The van der Waals surface area contributed by atoms with Gasteiger partial charge in [0.15, 0.2) is 0 Å². The Morgan fingerprint density at radius 3 is 2.67 bits per heavy atom. The van der Waals surface area contributed by atoms with Crippen molar-refractivity contribution in [2.24, 2.45) is 5.92 Å². The summed E-state index contributed by atoms with van der Waals surface area (Å²) >= 11 is 0. The van der Waals surface area contributed by atoms with Gasteiger partial charge < -0.3 is 5.32 Å². The number of nitrogens with zero attached hydrogens (tertiary/aromatic N) is 2. The molecule has 1 aromatic rings. The van der Waals surface area contributed by atoms with Gasteiger partial charge in [-0.15, -0.1) is 0 Å². The monoisotopic (exact) mass is 259 g/mol. The predicted molar refractivity (Wildman–Crippen MR) is 60.7 cm³/mol. The van der Waals surface area contributed by atoms with Gasteiger partial charge in [0.05, 0.1) is 11.6 Å². The molecule has 1 fully saturated rings. The minimum atomic E-state index is -4.11. The van der Waals surface area contributed by atoms with E-state index in [1.54, 1.807) is 18.6 Å². The largest absolute Gasteiger partial charge is 0.393 e. The molecule has 18 heavy (non-hydrogen) atoms. The molecule has 2 atom stereocenters. The summed E-state index contributed by atoms with van der Waals surface area (Å²) in [6, 6.07) is -0.499. The lowest BCUT2D eigenvalue weighted by Crippen LogP contribution is -2.45. The first kappa shape index (κ1) is 13.3. The third-order valence-corrected chi connectivity index (χ3v) is 3.35. The summed E-state index contributed by atoms with van der Waals surface area (Å²) in [5.41, 5.74) is 0.670. The van der Waals surface area contributed by atoms with Crippen LogP contribution in [0.4, 0.5) is 13.2 Å². The molecule has 1 N–H and O–H groups in total. The first-order valence-corrected chi connectivity index (χ1v) is 6.12. The zero-order valence-corrected chi connectivity index (χ0v) is 9.95. The van der Waals surface area contributed by atoms with E-state index in [4.69, 9.17) is 0 Å². The summed E-state index contributed by atoms with van der Waals surface area (Å²) in [7, 11) is 0. The highest BCUT2D eigenvalue weighted by molar-refractivity contribution is 4.95. The van der Waals surface area contributed by atoms with Crippen molar-refractivity contribution in [2.75, 3.05) is 0 Å². The Morgan fingerprint density at radius 1 is 1.22 bits per heavy atom. The van der Waals surface area contributed by atoms with Crippen LogP contribution < -0.4 is 5.32 Å². The van der Waals surface area contributed by atoms with E-state index in [0.717, 1.165) is 6.42 Å². The fraction of sp³-hybridized carbons (Fsp3) is 0.667. The van der Waals surface area contributed by atoms with Gasteiger partial charge >= 0.3 is 6.18 Å². The fourth-order valence-corrected chi connectivity index (χ4v) is 2.42. The molecular weight excluding hydrogens is 243 g/mol. The van der Waals surface area contributed by atoms with E-state index < -0.39 is 18.1 Å². The summed E-state index contributed by atoms with van der Waals surface area (Å²) in [4.78, 5) is 7.94. The zero-order valence-electron chi connectivity index (χ0n) is 9.95. The Labute approximate surface area is 104 Å².